The predicted octanol–water partition coefficient (Wildman–Crippen LogP) is 4.04. The standard InChI is InChI=1S/C28H37N3O3/c1-2-19-34-25-11-9-24(10-12-25)31-27(32)21-26(28(31)33)29-15-6-16-30-17-13-23(14-18-30)20-22-7-4-3-5-8-22/h3-5,7-12,23,26,29H,2,6,13-21H2,1H3/t26-/m0/s1. The molecule has 0 aromatic heterocycles. The molecule has 1 atom stereocenters. The molecule has 4 rings (SSSR count). The van der Waals surface area contributed by atoms with Crippen molar-refractivity contribution in [3.05, 3.63) is 60.2 Å². The number of hydrogen-bond donors (Lipinski definition) is 1. The van der Waals surface area contributed by atoms with Crippen LogP contribution in [-0.2, 0) is 16.0 Å². The summed E-state index contributed by atoms with van der Waals surface area (Å²) in [7, 11) is 0. The average molecular weight is 464 g/mol. The normalized spacial score (nSPS) is 19.7. The summed E-state index contributed by atoms with van der Waals surface area (Å²) in [6.45, 7) is 6.76. The molecule has 2 fully saturated rings. The number of carbonyl (C=O) groups is 2. The Labute approximate surface area is 203 Å². The van der Waals surface area contributed by atoms with Crippen LogP contribution in [-0.4, -0.2) is 55.5 Å². The average Bonchev–Trinajstić information content (AvgIpc) is 3.15. The van der Waals surface area contributed by atoms with E-state index >= 15 is 0 Å². The van der Waals surface area contributed by atoms with E-state index in [9.17, 15) is 9.59 Å². The first-order chi connectivity index (χ1) is 16.6. The van der Waals surface area contributed by atoms with Crippen LogP contribution in [0.5, 0.6) is 5.75 Å². The van der Waals surface area contributed by atoms with Crippen LogP contribution in [0.25, 0.3) is 0 Å². The van der Waals surface area contributed by atoms with Crippen LogP contribution in [0, 0.1) is 5.92 Å². The number of hydrogen-bond acceptors (Lipinski definition) is 5. The van der Waals surface area contributed by atoms with Gasteiger partial charge in [-0.3, -0.25) is 9.59 Å². The number of nitrogens with one attached hydrogen (secondary N) is 1. The number of rotatable bonds is 11. The number of amides is 2. The molecule has 2 amide bonds. The van der Waals surface area contributed by atoms with E-state index < -0.39 is 6.04 Å². The highest BCUT2D eigenvalue weighted by Gasteiger charge is 2.39. The lowest BCUT2D eigenvalue weighted by molar-refractivity contribution is -0.121. The van der Waals surface area contributed by atoms with Gasteiger partial charge in [0, 0.05) is 0 Å². The monoisotopic (exact) mass is 463 g/mol. The highest BCUT2D eigenvalue weighted by atomic mass is 16.5. The number of nitrogens with zero attached hydrogens (tertiary/aromatic N) is 2. The summed E-state index contributed by atoms with van der Waals surface area (Å²) in [5.41, 5.74) is 2.05. The molecule has 0 spiro atoms. The molecular weight excluding hydrogens is 426 g/mol. The summed E-state index contributed by atoms with van der Waals surface area (Å²) in [6, 6.07) is 17.5. The van der Waals surface area contributed by atoms with Gasteiger partial charge < -0.3 is 15.0 Å². The van der Waals surface area contributed by atoms with Crippen molar-refractivity contribution in [1.29, 1.82) is 0 Å². The Hall–Kier alpha value is -2.70. The first-order valence-electron chi connectivity index (χ1n) is 12.7. The molecule has 0 aliphatic carbocycles. The van der Waals surface area contributed by atoms with Crippen LogP contribution in [0.1, 0.15) is 44.6 Å². The molecule has 2 aromatic rings. The number of piperidine rings is 1. The zero-order valence-electron chi connectivity index (χ0n) is 20.2. The van der Waals surface area contributed by atoms with E-state index in [4.69, 9.17) is 4.74 Å². The summed E-state index contributed by atoms with van der Waals surface area (Å²) < 4.78 is 5.59. The van der Waals surface area contributed by atoms with E-state index in [1.807, 2.05) is 12.1 Å². The summed E-state index contributed by atoms with van der Waals surface area (Å²) in [5, 5.41) is 3.32. The molecule has 0 bridgehead atoms. The minimum atomic E-state index is -0.430. The minimum Gasteiger partial charge on any atom is -0.494 e. The first-order valence-corrected chi connectivity index (χ1v) is 12.7. The molecular formula is C28H37N3O3. The fraction of sp³-hybridized carbons (Fsp3) is 0.500. The molecule has 2 saturated heterocycles. The largest absolute Gasteiger partial charge is 0.494 e. The van der Waals surface area contributed by atoms with Gasteiger partial charge in [-0.05, 0) is 94.0 Å². The second kappa shape index (κ2) is 12.1. The quantitative estimate of drug-likeness (QED) is 0.403. The molecule has 6 nitrogen and oxygen atoms in total. The third kappa shape index (κ3) is 6.45. The summed E-state index contributed by atoms with van der Waals surface area (Å²) in [6.07, 6.45) is 5.80. The van der Waals surface area contributed by atoms with E-state index in [1.54, 1.807) is 12.1 Å². The lowest BCUT2D eigenvalue weighted by atomic mass is 9.90. The molecule has 182 valence electrons. The van der Waals surface area contributed by atoms with Crippen molar-refractivity contribution in [2.75, 3.05) is 37.7 Å². The van der Waals surface area contributed by atoms with Crippen LogP contribution in [0.15, 0.2) is 54.6 Å². The van der Waals surface area contributed by atoms with Gasteiger partial charge in [-0.25, -0.2) is 4.90 Å². The number of likely N-dealkylation sites (tertiary alicyclic amines) is 1. The van der Waals surface area contributed by atoms with Gasteiger partial charge in [-0.1, -0.05) is 37.3 Å². The van der Waals surface area contributed by atoms with Gasteiger partial charge >= 0.3 is 0 Å². The van der Waals surface area contributed by atoms with Crippen LogP contribution in [0.3, 0.4) is 0 Å². The number of ether oxygens (including phenoxy) is 1. The second-order valence-electron chi connectivity index (χ2n) is 9.45. The van der Waals surface area contributed by atoms with E-state index in [0.717, 1.165) is 50.7 Å². The van der Waals surface area contributed by atoms with E-state index in [-0.39, 0.29) is 18.2 Å². The van der Waals surface area contributed by atoms with Gasteiger partial charge in [-0.2, -0.15) is 0 Å². The molecule has 2 aliphatic heterocycles. The van der Waals surface area contributed by atoms with Gasteiger partial charge in [0.25, 0.3) is 5.91 Å². The smallest absolute Gasteiger partial charge is 0.251 e. The van der Waals surface area contributed by atoms with Crippen molar-refractivity contribution in [3.63, 3.8) is 0 Å². The molecule has 1 N–H and O–H groups in total. The maximum atomic E-state index is 12.9. The Morgan fingerprint density at radius 3 is 2.44 bits per heavy atom. The molecule has 34 heavy (non-hydrogen) atoms. The Bertz CT molecular complexity index is 924. The summed E-state index contributed by atoms with van der Waals surface area (Å²) >= 11 is 0. The van der Waals surface area contributed by atoms with Gasteiger partial charge in [0.15, 0.2) is 0 Å². The lowest BCUT2D eigenvalue weighted by Gasteiger charge is -2.32. The molecule has 2 aromatic carbocycles. The Balaban J connectivity index is 1.16. The van der Waals surface area contributed by atoms with Crippen LogP contribution in [0.4, 0.5) is 5.69 Å². The summed E-state index contributed by atoms with van der Waals surface area (Å²) in [5.74, 6) is 1.22. The number of anilines is 1. The van der Waals surface area contributed by atoms with Crippen LogP contribution in [0.2, 0.25) is 0 Å². The topological polar surface area (TPSA) is 61.9 Å². The van der Waals surface area contributed by atoms with Crippen molar-refractivity contribution >= 4 is 17.5 Å². The second-order valence-corrected chi connectivity index (χ2v) is 9.45. The first kappa shape index (κ1) is 24.4. The van der Waals surface area contributed by atoms with Crippen molar-refractivity contribution < 1.29 is 14.3 Å². The zero-order valence-corrected chi connectivity index (χ0v) is 20.2. The third-order valence-corrected chi connectivity index (χ3v) is 6.83. The van der Waals surface area contributed by atoms with Gasteiger partial charge in [-0.15, -0.1) is 0 Å². The Morgan fingerprint density at radius 1 is 1.00 bits per heavy atom. The predicted molar refractivity (Wildman–Crippen MR) is 135 cm³/mol. The minimum absolute atomic E-state index is 0.148. The van der Waals surface area contributed by atoms with E-state index in [0.29, 0.717) is 12.3 Å². The van der Waals surface area contributed by atoms with Crippen molar-refractivity contribution in [1.82, 2.24) is 10.2 Å². The highest BCUT2D eigenvalue weighted by molar-refractivity contribution is 6.22. The third-order valence-electron chi connectivity index (χ3n) is 6.83. The molecule has 0 unspecified atom stereocenters. The van der Waals surface area contributed by atoms with Gasteiger partial charge in [0.1, 0.15) is 5.75 Å². The maximum Gasteiger partial charge on any atom is 0.251 e. The number of imide groups is 1. The van der Waals surface area contributed by atoms with E-state index in [2.05, 4.69) is 47.5 Å². The lowest BCUT2D eigenvalue weighted by Crippen LogP contribution is -2.40. The highest BCUT2D eigenvalue weighted by Crippen LogP contribution is 2.25. The fourth-order valence-electron chi connectivity index (χ4n) is 4.91. The molecule has 2 aliphatic rings. The van der Waals surface area contributed by atoms with Crippen LogP contribution >= 0.6 is 0 Å². The zero-order chi connectivity index (χ0) is 23.8. The fourth-order valence-corrected chi connectivity index (χ4v) is 4.91. The van der Waals surface area contributed by atoms with Gasteiger partial charge in [0.05, 0.1) is 24.8 Å². The SMILES string of the molecule is CCCOc1ccc(N2C(=O)C[C@H](NCCCN3CCC(Cc4ccccc4)CC3)C2=O)cc1. The molecule has 0 radical (unpaired) electrons. The van der Waals surface area contributed by atoms with Gasteiger partial charge in [0.2, 0.25) is 5.91 Å². The summed E-state index contributed by atoms with van der Waals surface area (Å²) in [4.78, 5) is 29.2. The van der Waals surface area contributed by atoms with Crippen LogP contribution < -0.4 is 15.0 Å². The van der Waals surface area contributed by atoms with Crippen molar-refractivity contribution in [2.45, 2.75) is 51.5 Å². The molecule has 2 heterocycles. The van der Waals surface area contributed by atoms with Crippen molar-refractivity contribution in [3.8, 4) is 5.75 Å². The van der Waals surface area contributed by atoms with E-state index in [1.165, 1.54) is 29.7 Å². The number of carbonyl (C=O) groups excluding carboxylic acids is 2. The maximum absolute atomic E-state index is 12.9. The number of benzene rings is 2. The Morgan fingerprint density at radius 2 is 1.74 bits per heavy atom. The Kier molecular flexibility index (Phi) is 8.72. The van der Waals surface area contributed by atoms with Crippen molar-refractivity contribution in [2.24, 2.45) is 5.92 Å². The molecule has 0 saturated carbocycles. The molecule has 6 heteroatoms.